The average Bonchev–Trinajstić information content (AvgIpc) is 1.92. The van der Waals surface area contributed by atoms with Crippen LogP contribution in [0.5, 0.6) is 28.7 Å². The van der Waals surface area contributed by atoms with Gasteiger partial charge in [0.05, 0.1) is 56.8 Å². The van der Waals surface area contributed by atoms with Gasteiger partial charge in [0.2, 0.25) is 0 Å². The zero-order valence-electron chi connectivity index (χ0n) is 50.2. The monoisotopic (exact) mass is 1210 g/mol. The molecule has 1 aliphatic rings. The summed E-state index contributed by atoms with van der Waals surface area (Å²) in [5.41, 5.74) is 0.515. The fourth-order valence-corrected chi connectivity index (χ4v) is 10.5. The summed E-state index contributed by atoms with van der Waals surface area (Å²) in [6.07, 6.45) is 14.7. The van der Waals surface area contributed by atoms with Crippen LogP contribution >= 0.6 is 0 Å². The summed E-state index contributed by atoms with van der Waals surface area (Å²) in [6.45, 7) is 13.2. The van der Waals surface area contributed by atoms with Crippen LogP contribution in [0.15, 0.2) is 184 Å². The summed E-state index contributed by atoms with van der Waals surface area (Å²) >= 11 is 0. The topological polar surface area (TPSA) is 200 Å². The van der Waals surface area contributed by atoms with Crippen LogP contribution in [-0.2, 0) is 34.2 Å². The highest BCUT2D eigenvalue weighted by atomic mass is 16.6. The van der Waals surface area contributed by atoms with Gasteiger partial charge in [0.15, 0.2) is 0 Å². The first-order valence-electron chi connectivity index (χ1n) is 30.5. The minimum atomic E-state index is -1.74. The highest BCUT2D eigenvalue weighted by Crippen LogP contribution is 2.43. The molecule has 1 N–H and O–H groups in total. The second kappa shape index (κ2) is 33.5. The Bertz CT molecular complexity index is 3380. The van der Waals surface area contributed by atoms with Crippen LogP contribution in [0, 0.1) is 0 Å². The normalized spacial score (nSPS) is 12.8. The SMILES string of the molecule is C=CC(=O)OCCCCCCOc1ccc(C(=O)Oc2ccc3cc(C(O)(c4ccc5cc(OC(=O)c6ccc(OCCCCCCOC(=O)C=C)cc6)ccc5c4)[C@@H]4CCCN4C(=O)c4ccc(OCCCCCCOC(=O)C=C)cc4)ccc3c2)cc1. The van der Waals surface area contributed by atoms with Gasteiger partial charge in [-0.25, -0.2) is 24.0 Å². The summed E-state index contributed by atoms with van der Waals surface area (Å²) in [6, 6.07) is 41.8. The first-order chi connectivity index (χ1) is 43.3. The molecule has 0 spiro atoms. The van der Waals surface area contributed by atoms with Gasteiger partial charge in [-0.05, 0) is 232 Å². The Morgan fingerprint density at radius 1 is 0.416 bits per heavy atom. The number of ether oxygens (including phenoxy) is 8. The van der Waals surface area contributed by atoms with Crippen LogP contribution in [0.25, 0.3) is 21.5 Å². The van der Waals surface area contributed by atoms with Crippen molar-refractivity contribution in [3.63, 3.8) is 0 Å². The molecule has 1 heterocycles. The van der Waals surface area contributed by atoms with Gasteiger partial charge < -0.3 is 47.9 Å². The Hall–Kier alpha value is -9.54. The van der Waals surface area contributed by atoms with E-state index in [2.05, 4.69) is 19.7 Å². The lowest BCUT2D eigenvalue weighted by Crippen LogP contribution is -2.50. The highest BCUT2D eigenvalue weighted by Gasteiger charge is 2.47. The lowest BCUT2D eigenvalue weighted by atomic mass is 9.77. The Labute approximate surface area is 519 Å². The molecule has 0 unspecified atom stereocenters. The summed E-state index contributed by atoms with van der Waals surface area (Å²) in [4.78, 5) is 76.9. The molecule has 464 valence electrons. The lowest BCUT2D eigenvalue weighted by molar-refractivity contribution is -0.138. The molecule has 1 aliphatic heterocycles. The number of aliphatic hydroxyl groups is 1. The second-order valence-electron chi connectivity index (χ2n) is 21.6. The van der Waals surface area contributed by atoms with E-state index in [9.17, 15) is 33.9 Å². The lowest BCUT2D eigenvalue weighted by Gasteiger charge is -2.40. The molecule has 1 saturated heterocycles. The third-order valence-corrected chi connectivity index (χ3v) is 15.4. The summed E-state index contributed by atoms with van der Waals surface area (Å²) in [5, 5.41) is 16.7. The van der Waals surface area contributed by atoms with E-state index in [0.29, 0.717) is 116 Å². The predicted octanol–water partition coefficient (Wildman–Crippen LogP) is 14.0. The molecule has 1 amide bonds. The maximum atomic E-state index is 14.7. The summed E-state index contributed by atoms with van der Waals surface area (Å²) < 4.78 is 44.6. The van der Waals surface area contributed by atoms with Crippen LogP contribution in [0.1, 0.15) is 132 Å². The fraction of sp³-hybridized carbons (Fsp3) is 0.315. The standard InChI is InChI=1S/C73H77NO15/c1-4-67(75)85-45-16-10-7-13-42-82-61-33-23-52(24-34-61)70(78)74-41-19-20-66(74)73(81,59-31-21-57-50-64(39-29-55(57)48-59)88-71(79)53-25-35-62(36-26-53)83-43-14-8-11-17-46-86-68(76)5-2)60-32-22-58-51-65(40-30-56(58)49-60)89-72(80)54-27-37-63(38-28-54)84-44-15-9-12-18-47-87-69(77)6-3/h4-6,21-40,48-51,66,81H,1-3,7-20,41-47H2/t66-/m0/s1. The number of hydrogen-bond acceptors (Lipinski definition) is 15. The van der Waals surface area contributed by atoms with E-state index in [4.69, 9.17) is 37.9 Å². The number of carbonyl (C=O) groups is 6. The van der Waals surface area contributed by atoms with Crippen molar-refractivity contribution in [3.8, 4) is 28.7 Å². The molecule has 16 nitrogen and oxygen atoms in total. The Morgan fingerprint density at radius 2 is 0.742 bits per heavy atom. The van der Waals surface area contributed by atoms with Crippen molar-refractivity contribution in [2.75, 3.05) is 46.2 Å². The number of hydrogen-bond donors (Lipinski definition) is 1. The molecular weight excluding hydrogens is 1130 g/mol. The maximum Gasteiger partial charge on any atom is 0.343 e. The quantitative estimate of drug-likeness (QED) is 0.0129. The molecule has 0 saturated carbocycles. The minimum absolute atomic E-state index is 0.235. The molecule has 89 heavy (non-hydrogen) atoms. The van der Waals surface area contributed by atoms with Crippen molar-refractivity contribution in [2.45, 2.75) is 102 Å². The first kappa shape index (κ1) is 65.4. The van der Waals surface area contributed by atoms with Crippen molar-refractivity contribution >= 4 is 57.3 Å². The van der Waals surface area contributed by atoms with Crippen LogP contribution in [0.3, 0.4) is 0 Å². The van der Waals surface area contributed by atoms with Gasteiger partial charge in [0, 0.05) is 30.3 Å². The number of fused-ring (bicyclic) bond motifs is 2. The molecule has 0 aliphatic carbocycles. The van der Waals surface area contributed by atoms with E-state index in [1.54, 1.807) is 102 Å². The molecular formula is C73H77NO15. The molecule has 0 bridgehead atoms. The number of carbonyl (C=O) groups excluding carboxylic acids is 6. The first-order valence-corrected chi connectivity index (χ1v) is 30.5. The molecule has 1 fully saturated rings. The highest BCUT2D eigenvalue weighted by molar-refractivity contribution is 5.96. The van der Waals surface area contributed by atoms with Gasteiger partial charge in [-0.15, -0.1) is 0 Å². The smallest absolute Gasteiger partial charge is 0.343 e. The van der Waals surface area contributed by atoms with Gasteiger partial charge in [-0.1, -0.05) is 56.1 Å². The Morgan fingerprint density at radius 3 is 1.11 bits per heavy atom. The van der Waals surface area contributed by atoms with E-state index < -0.39 is 41.5 Å². The number of rotatable bonds is 35. The number of amides is 1. The van der Waals surface area contributed by atoms with Crippen LogP contribution in [0.4, 0.5) is 0 Å². The summed E-state index contributed by atoms with van der Waals surface area (Å²) in [5.74, 6) is -0.0367. The van der Waals surface area contributed by atoms with Gasteiger partial charge >= 0.3 is 29.8 Å². The van der Waals surface area contributed by atoms with Crippen LogP contribution in [-0.4, -0.2) is 98.0 Å². The van der Waals surface area contributed by atoms with Gasteiger partial charge in [0.25, 0.3) is 5.91 Å². The number of esters is 5. The van der Waals surface area contributed by atoms with Gasteiger partial charge in [0.1, 0.15) is 34.3 Å². The molecule has 7 aromatic carbocycles. The largest absolute Gasteiger partial charge is 0.494 e. The van der Waals surface area contributed by atoms with Crippen LogP contribution < -0.4 is 23.7 Å². The second-order valence-corrected chi connectivity index (χ2v) is 21.6. The van der Waals surface area contributed by atoms with Gasteiger partial charge in [-0.2, -0.15) is 0 Å². The van der Waals surface area contributed by atoms with Gasteiger partial charge in [-0.3, -0.25) is 4.79 Å². The third kappa shape index (κ3) is 19.0. The van der Waals surface area contributed by atoms with Crippen molar-refractivity contribution < 1.29 is 71.8 Å². The number of nitrogens with zero attached hydrogens (tertiary/aromatic N) is 1. The summed E-state index contributed by atoms with van der Waals surface area (Å²) in [7, 11) is 0. The van der Waals surface area contributed by atoms with Crippen LogP contribution in [0.2, 0.25) is 0 Å². The van der Waals surface area contributed by atoms with Crippen molar-refractivity contribution in [2.24, 2.45) is 0 Å². The zero-order chi connectivity index (χ0) is 62.8. The van der Waals surface area contributed by atoms with Crippen molar-refractivity contribution in [3.05, 3.63) is 211 Å². The van der Waals surface area contributed by atoms with E-state index in [0.717, 1.165) is 117 Å². The minimum Gasteiger partial charge on any atom is -0.494 e. The Kier molecular flexibility index (Phi) is 24.7. The molecule has 0 aromatic heterocycles. The number of benzene rings is 7. The fourth-order valence-electron chi connectivity index (χ4n) is 10.5. The van der Waals surface area contributed by atoms with E-state index in [1.807, 2.05) is 48.5 Å². The van der Waals surface area contributed by atoms with E-state index in [-0.39, 0.29) is 5.91 Å². The zero-order valence-corrected chi connectivity index (χ0v) is 50.2. The molecule has 16 heteroatoms. The third-order valence-electron chi connectivity index (χ3n) is 15.4. The molecule has 8 rings (SSSR count). The average molecular weight is 1210 g/mol. The molecule has 1 atom stereocenters. The van der Waals surface area contributed by atoms with E-state index in [1.165, 1.54) is 0 Å². The number of unbranched alkanes of at least 4 members (excludes halogenated alkanes) is 9. The predicted molar refractivity (Wildman–Crippen MR) is 340 cm³/mol. The van der Waals surface area contributed by atoms with Crippen molar-refractivity contribution in [1.29, 1.82) is 0 Å². The number of likely N-dealkylation sites (tertiary alicyclic amines) is 1. The van der Waals surface area contributed by atoms with Crippen molar-refractivity contribution in [1.82, 2.24) is 4.90 Å². The molecule has 0 radical (unpaired) electrons. The van der Waals surface area contributed by atoms with E-state index >= 15 is 0 Å². The molecule has 7 aromatic rings. The Balaban J connectivity index is 0.947. The maximum absolute atomic E-state index is 14.7.